The fourth-order valence-corrected chi connectivity index (χ4v) is 3.81. The Morgan fingerprint density at radius 1 is 1.29 bits per heavy atom. The van der Waals surface area contributed by atoms with Crippen LogP contribution < -0.4 is 10.6 Å². The molecular formula is C14H22ClN3O2S. The molecule has 0 aromatic heterocycles. The van der Waals surface area contributed by atoms with Gasteiger partial charge in [0.05, 0.1) is 17.0 Å². The van der Waals surface area contributed by atoms with Crippen molar-refractivity contribution in [3.8, 4) is 0 Å². The summed E-state index contributed by atoms with van der Waals surface area (Å²) in [5.41, 5.74) is 8.01. The molecule has 1 aliphatic rings. The van der Waals surface area contributed by atoms with Crippen molar-refractivity contribution in [3.05, 3.63) is 28.8 Å². The highest BCUT2D eigenvalue weighted by Gasteiger charge is 2.25. The third-order valence-corrected chi connectivity index (χ3v) is 5.24. The molecule has 1 fully saturated rings. The number of anilines is 1. The Morgan fingerprint density at radius 2 is 1.90 bits per heavy atom. The first kappa shape index (κ1) is 16.5. The van der Waals surface area contributed by atoms with E-state index in [2.05, 4.69) is 4.90 Å². The summed E-state index contributed by atoms with van der Waals surface area (Å²) in [6.07, 6.45) is 2.00. The van der Waals surface area contributed by atoms with Crippen molar-refractivity contribution < 1.29 is 8.42 Å². The van der Waals surface area contributed by atoms with Crippen molar-refractivity contribution in [1.29, 1.82) is 0 Å². The zero-order valence-electron chi connectivity index (χ0n) is 12.4. The fraction of sp³-hybridized carbons (Fsp3) is 0.571. The van der Waals surface area contributed by atoms with Crippen LogP contribution in [0.4, 0.5) is 5.69 Å². The molecule has 1 heterocycles. The summed E-state index contributed by atoms with van der Waals surface area (Å²) < 4.78 is 24.7. The molecule has 1 unspecified atom stereocenters. The van der Waals surface area contributed by atoms with Gasteiger partial charge in [0, 0.05) is 32.2 Å². The van der Waals surface area contributed by atoms with E-state index in [0.717, 1.165) is 17.7 Å². The molecule has 0 saturated carbocycles. The number of halogens is 1. The van der Waals surface area contributed by atoms with E-state index in [1.54, 1.807) is 0 Å². The number of sulfonamides is 1. The fourth-order valence-electron chi connectivity index (χ4n) is 2.67. The molecule has 21 heavy (non-hydrogen) atoms. The van der Waals surface area contributed by atoms with Gasteiger partial charge in [0.2, 0.25) is 10.0 Å². The number of nitrogens with two attached hydrogens (primary N) is 1. The highest BCUT2D eigenvalue weighted by molar-refractivity contribution is 7.88. The Hall–Kier alpha value is -0.820. The third kappa shape index (κ3) is 4.10. The molecule has 1 aromatic rings. The van der Waals surface area contributed by atoms with Gasteiger partial charge in [0.25, 0.3) is 0 Å². The van der Waals surface area contributed by atoms with Crippen LogP contribution in [0, 0.1) is 0 Å². The minimum atomic E-state index is -3.12. The SMILES string of the molecule is CC(N)Cc1cccc(Cl)c1N1CCN(S(C)(=O)=O)CC1. The molecule has 1 aliphatic heterocycles. The number of para-hydroxylation sites is 1. The van der Waals surface area contributed by atoms with Gasteiger partial charge in [-0.2, -0.15) is 4.31 Å². The van der Waals surface area contributed by atoms with Crippen molar-refractivity contribution in [2.24, 2.45) is 5.73 Å². The van der Waals surface area contributed by atoms with Crippen LogP contribution >= 0.6 is 11.6 Å². The lowest BCUT2D eigenvalue weighted by Gasteiger charge is -2.36. The van der Waals surface area contributed by atoms with Crippen molar-refractivity contribution in [2.45, 2.75) is 19.4 Å². The maximum Gasteiger partial charge on any atom is 0.211 e. The van der Waals surface area contributed by atoms with Crippen LogP contribution in [0.5, 0.6) is 0 Å². The maximum absolute atomic E-state index is 11.6. The first-order chi connectivity index (χ1) is 9.79. The third-order valence-electron chi connectivity index (χ3n) is 3.64. The Balaban J connectivity index is 2.20. The Labute approximate surface area is 131 Å². The zero-order valence-corrected chi connectivity index (χ0v) is 14.0. The average molecular weight is 332 g/mol. The molecule has 5 nitrogen and oxygen atoms in total. The van der Waals surface area contributed by atoms with Crippen LogP contribution in [0.2, 0.25) is 5.02 Å². The average Bonchev–Trinajstić information content (AvgIpc) is 2.37. The van der Waals surface area contributed by atoms with Crippen molar-refractivity contribution in [1.82, 2.24) is 4.31 Å². The van der Waals surface area contributed by atoms with Crippen molar-refractivity contribution in [3.63, 3.8) is 0 Å². The second kappa shape index (κ2) is 6.52. The molecule has 118 valence electrons. The van der Waals surface area contributed by atoms with Gasteiger partial charge in [-0.1, -0.05) is 23.7 Å². The molecule has 1 aromatic carbocycles. The van der Waals surface area contributed by atoms with Gasteiger partial charge in [-0.3, -0.25) is 0 Å². The van der Waals surface area contributed by atoms with E-state index >= 15 is 0 Å². The molecule has 0 aliphatic carbocycles. The largest absolute Gasteiger partial charge is 0.367 e. The van der Waals surface area contributed by atoms with Crippen LogP contribution in [0.15, 0.2) is 18.2 Å². The molecule has 0 bridgehead atoms. The van der Waals surface area contributed by atoms with Crippen LogP contribution in [0.25, 0.3) is 0 Å². The summed E-state index contributed by atoms with van der Waals surface area (Å²) in [7, 11) is -3.12. The smallest absolute Gasteiger partial charge is 0.211 e. The summed E-state index contributed by atoms with van der Waals surface area (Å²) in [6, 6.07) is 5.88. The predicted molar refractivity (Wildman–Crippen MR) is 87.4 cm³/mol. The van der Waals surface area contributed by atoms with E-state index in [9.17, 15) is 8.42 Å². The highest BCUT2D eigenvalue weighted by Crippen LogP contribution is 2.31. The monoisotopic (exact) mass is 331 g/mol. The van der Waals surface area contributed by atoms with Gasteiger partial charge in [-0.25, -0.2) is 8.42 Å². The van der Waals surface area contributed by atoms with Crippen LogP contribution in [-0.2, 0) is 16.4 Å². The number of rotatable bonds is 4. The minimum absolute atomic E-state index is 0.0551. The Bertz CT molecular complexity index is 596. The van der Waals surface area contributed by atoms with Gasteiger partial charge in [0.15, 0.2) is 0 Å². The molecule has 2 rings (SSSR count). The molecule has 0 radical (unpaired) electrons. The van der Waals surface area contributed by atoms with Gasteiger partial charge in [0.1, 0.15) is 0 Å². The predicted octanol–water partition coefficient (Wildman–Crippen LogP) is 1.31. The number of hydrogen-bond acceptors (Lipinski definition) is 4. The molecule has 7 heteroatoms. The lowest BCUT2D eigenvalue weighted by atomic mass is 10.0. The summed E-state index contributed by atoms with van der Waals surface area (Å²) in [5.74, 6) is 0. The first-order valence-corrected chi connectivity index (χ1v) is 9.24. The lowest BCUT2D eigenvalue weighted by molar-refractivity contribution is 0.388. The molecule has 1 saturated heterocycles. The van der Waals surface area contributed by atoms with E-state index in [1.165, 1.54) is 10.6 Å². The number of piperazine rings is 1. The number of nitrogens with zero attached hydrogens (tertiary/aromatic N) is 2. The summed E-state index contributed by atoms with van der Waals surface area (Å²) in [6.45, 7) is 4.22. The van der Waals surface area contributed by atoms with Gasteiger partial charge in [-0.05, 0) is 25.0 Å². The molecule has 2 N–H and O–H groups in total. The molecular weight excluding hydrogens is 310 g/mol. The van der Waals surface area contributed by atoms with E-state index in [4.69, 9.17) is 17.3 Å². The maximum atomic E-state index is 11.6. The van der Waals surface area contributed by atoms with Gasteiger partial charge < -0.3 is 10.6 Å². The standard InChI is InChI=1S/C14H22ClN3O2S/c1-11(16)10-12-4-3-5-13(15)14(12)17-6-8-18(9-7-17)21(2,19)20/h3-5,11H,6-10,16H2,1-2H3. The van der Waals surface area contributed by atoms with Crippen LogP contribution in [-0.4, -0.2) is 51.2 Å². The molecule has 1 atom stereocenters. The van der Waals surface area contributed by atoms with E-state index < -0.39 is 10.0 Å². The highest BCUT2D eigenvalue weighted by atomic mass is 35.5. The summed E-state index contributed by atoms with van der Waals surface area (Å²) >= 11 is 6.36. The van der Waals surface area contributed by atoms with E-state index in [1.807, 2.05) is 25.1 Å². The molecule has 0 amide bonds. The minimum Gasteiger partial charge on any atom is -0.367 e. The van der Waals surface area contributed by atoms with Crippen molar-refractivity contribution in [2.75, 3.05) is 37.3 Å². The van der Waals surface area contributed by atoms with Gasteiger partial charge in [-0.15, -0.1) is 0 Å². The van der Waals surface area contributed by atoms with Crippen LogP contribution in [0.1, 0.15) is 12.5 Å². The Morgan fingerprint density at radius 3 is 2.43 bits per heavy atom. The lowest BCUT2D eigenvalue weighted by Crippen LogP contribution is -2.48. The second-order valence-corrected chi connectivity index (χ2v) is 7.97. The normalized spacial score (nSPS) is 18.8. The van der Waals surface area contributed by atoms with Gasteiger partial charge >= 0.3 is 0 Å². The number of benzene rings is 1. The van der Waals surface area contributed by atoms with E-state index in [-0.39, 0.29) is 6.04 Å². The topological polar surface area (TPSA) is 66.6 Å². The second-order valence-electron chi connectivity index (χ2n) is 5.58. The van der Waals surface area contributed by atoms with Crippen LogP contribution in [0.3, 0.4) is 0 Å². The Kier molecular flexibility index (Phi) is 5.14. The first-order valence-electron chi connectivity index (χ1n) is 7.02. The summed E-state index contributed by atoms with van der Waals surface area (Å²) in [4.78, 5) is 2.15. The summed E-state index contributed by atoms with van der Waals surface area (Å²) in [5, 5.41) is 0.695. The van der Waals surface area contributed by atoms with Crippen molar-refractivity contribution >= 4 is 27.3 Å². The zero-order chi connectivity index (χ0) is 15.6. The van der Waals surface area contributed by atoms with E-state index in [0.29, 0.717) is 31.2 Å². The molecule has 0 spiro atoms. The quantitative estimate of drug-likeness (QED) is 0.903. The number of hydrogen-bond donors (Lipinski definition) is 1.